The molecular weight excluding hydrogens is 274 g/mol. The molecule has 0 amide bonds. The summed E-state index contributed by atoms with van der Waals surface area (Å²) in [6, 6.07) is 2.03. The number of H-pyrrole nitrogens is 1. The van der Waals surface area contributed by atoms with Crippen molar-refractivity contribution in [2.75, 3.05) is 11.4 Å². The average Bonchev–Trinajstić information content (AvgIpc) is 2.96. The molecular formula is C13H11N5OS. The largest absolute Gasteiger partial charge is 0.351 e. The highest BCUT2D eigenvalue weighted by atomic mass is 32.1. The van der Waals surface area contributed by atoms with Crippen LogP contribution in [-0.4, -0.2) is 26.5 Å². The monoisotopic (exact) mass is 285 g/mol. The van der Waals surface area contributed by atoms with E-state index in [1.54, 1.807) is 17.7 Å². The molecule has 20 heavy (non-hydrogen) atoms. The number of hydrogen-bond acceptors (Lipinski definition) is 6. The Morgan fingerprint density at radius 2 is 2.25 bits per heavy atom. The number of nitrogens with one attached hydrogen (secondary N) is 1. The van der Waals surface area contributed by atoms with Crippen molar-refractivity contribution in [2.45, 2.75) is 13.0 Å². The van der Waals surface area contributed by atoms with Gasteiger partial charge in [-0.3, -0.25) is 4.79 Å². The van der Waals surface area contributed by atoms with Gasteiger partial charge >= 0.3 is 0 Å². The predicted molar refractivity (Wildman–Crippen MR) is 77.0 cm³/mol. The maximum atomic E-state index is 11.9. The van der Waals surface area contributed by atoms with E-state index in [9.17, 15) is 4.79 Å². The third-order valence-corrected chi connectivity index (χ3v) is 4.37. The molecule has 7 heteroatoms. The molecule has 0 radical (unpaired) electrons. The van der Waals surface area contributed by atoms with Crippen molar-refractivity contribution in [2.24, 2.45) is 0 Å². The SMILES string of the molecule is O=c1[nH]cnc2c1CN(c1ncnc3sccc13)CC2. The van der Waals surface area contributed by atoms with Crippen LogP contribution in [0.15, 0.2) is 28.9 Å². The molecule has 6 nitrogen and oxygen atoms in total. The molecule has 1 aliphatic rings. The van der Waals surface area contributed by atoms with Gasteiger partial charge in [-0.05, 0) is 11.4 Å². The molecule has 4 rings (SSSR count). The van der Waals surface area contributed by atoms with Crippen LogP contribution in [0.1, 0.15) is 11.3 Å². The van der Waals surface area contributed by atoms with Gasteiger partial charge in [-0.15, -0.1) is 11.3 Å². The predicted octanol–water partition coefficient (Wildman–Crippen LogP) is 1.34. The molecule has 1 aliphatic heterocycles. The minimum Gasteiger partial charge on any atom is -0.351 e. The summed E-state index contributed by atoms with van der Waals surface area (Å²) in [5.74, 6) is 0.894. The Hall–Kier alpha value is -2.28. The van der Waals surface area contributed by atoms with Crippen molar-refractivity contribution in [3.63, 3.8) is 0 Å². The van der Waals surface area contributed by atoms with Gasteiger partial charge in [0.15, 0.2) is 0 Å². The molecule has 100 valence electrons. The summed E-state index contributed by atoms with van der Waals surface area (Å²) in [6.07, 6.45) is 3.81. The minimum absolute atomic E-state index is 0.0599. The van der Waals surface area contributed by atoms with Gasteiger partial charge in [-0.1, -0.05) is 0 Å². The van der Waals surface area contributed by atoms with Crippen LogP contribution in [-0.2, 0) is 13.0 Å². The second kappa shape index (κ2) is 4.38. The second-order valence-corrected chi connectivity index (χ2v) is 5.56. The summed E-state index contributed by atoms with van der Waals surface area (Å²) in [6.45, 7) is 1.35. The lowest BCUT2D eigenvalue weighted by molar-refractivity contribution is 0.691. The van der Waals surface area contributed by atoms with Crippen LogP contribution < -0.4 is 10.5 Å². The zero-order valence-electron chi connectivity index (χ0n) is 10.5. The first-order valence-corrected chi connectivity index (χ1v) is 7.19. The average molecular weight is 285 g/mol. The smallest absolute Gasteiger partial charge is 0.255 e. The maximum Gasteiger partial charge on any atom is 0.255 e. The molecule has 0 bridgehead atoms. The van der Waals surface area contributed by atoms with Crippen LogP contribution in [0.25, 0.3) is 10.2 Å². The zero-order chi connectivity index (χ0) is 13.5. The van der Waals surface area contributed by atoms with Crippen molar-refractivity contribution in [3.05, 3.63) is 45.7 Å². The van der Waals surface area contributed by atoms with Crippen LogP contribution in [0, 0.1) is 0 Å². The summed E-state index contributed by atoms with van der Waals surface area (Å²) in [5.41, 5.74) is 1.57. The van der Waals surface area contributed by atoms with E-state index in [0.717, 1.165) is 40.3 Å². The quantitative estimate of drug-likeness (QED) is 0.730. The lowest BCUT2D eigenvalue weighted by atomic mass is 10.1. The highest BCUT2D eigenvalue weighted by Crippen LogP contribution is 2.29. The molecule has 0 aliphatic carbocycles. The first-order chi connectivity index (χ1) is 9.83. The Kier molecular flexibility index (Phi) is 2.53. The standard InChI is InChI=1S/C13H11N5OS/c19-12-9-5-18(3-1-10(9)14-6-16-12)11-8-2-4-20-13(8)17-7-15-11/h2,4,6-7H,1,3,5H2,(H,14,16,19). The molecule has 3 aromatic rings. The summed E-state index contributed by atoms with van der Waals surface area (Å²) < 4.78 is 0. The van der Waals surface area contributed by atoms with Gasteiger partial charge in [0, 0.05) is 13.0 Å². The summed E-state index contributed by atoms with van der Waals surface area (Å²) >= 11 is 1.60. The fourth-order valence-corrected chi connectivity index (χ4v) is 3.29. The van der Waals surface area contributed by atoms with E-state index in [-0.39, 0.29) is 5.56 Å². The number of fused-ring (bicyclic) bond motifs is 2. The number of nitrogens with zero attached hydrogens (tertiary/aromatic N) is 4. The van der Waals surface area contributed by atoms with Crippen molar-refractivity contribution in [1.82, 2.24) is 19.9 Å². The molecule has 0 saturated carbocycles. The maximum absolute atomic E-state index is 11.9. The van der Waals surface area contributed by atoms with Gasteiger partial charge < -0.3 is 9.88 Å². The molecule has 0 spiro atoms. The molecule has 0 saturated heterocycles. The van der Waals surface area contributed by atoms with Gasteiger partial charge in [-0.25, -0.2) is 15.0 Å². The molecule has 3 aromatic heterocycles. The van der Waals surface area contributed by atoms with Gasteiger partial charge in [0.25, 0.3) is 5.56 Å². The molecule has 0 atom stereocenters. The van der Waals surface area contributed by atoms with Crippen molar-refractivity contribution in [3.8, 4) is 0 Å². The number of anilines is 1. The van der Waals surface area contributed by atoms with Crippen LogP contribution in [0.3, 0.4) is 0 Å². The third kappa shape index (κ3) is 1.70. The Bertz CT molecular complexity index is 840. The number of aromatic amines is 1. The fraction of sp³-hybridized carbons (Fsp3) is 0.231. The number of hydrogen-bond donors (Lipinski definition) is 1. The Morgan fingerprint density at radius 3 is 3.20 bits per heavy atom. The summed E-state index contributed by atoms with van der Waals surface area (Å²) in [5, 5.41) is 3.05. The molecule has 4 heterocycles. The van der Waals surface area contributed by atoms with E-state index in [2.05, 4.69) is 24.8 Å². The van der Waals surface area contributed by atoms with E-state index in [1.165, 1.54) is 6.33 Å². The zero-order valence-corrected chi connectivity index (χ0v) is 11.4. The summed E-state index contributed by atoms with van der Waals surface area (Å²) in [7, 11) is 0. The van der Waals surface area contributed by atoms with Gasteiger partial charge in [0.2, 0.25) is 0 Å². The highest BCUT2D eigenvalue weighted by Gasteiger charge is 2.22. The Balaban J connectivity index is 1.80. The van der Waals surface area contributed by atoms with Gasteiger partial charge in [0.1, 0.15) is 17.0 Å². The van der Waals surface area contributed by atoms with Crippen molar-refractivity contribution < 1.29 is 0 Å². The molecule has 1 N–H and O–H groups in total. The number of rotatable bonds is 1. The normalized spacial score (nSPS) is 14.5. The van der Waals surface area contributed by atoms with E-state index in [4.69, 9.17) is 0 Å². The fourth-order valence-electron chi connectivity index (χ4n) is 2.56. The van der Waals surface area contributed by atoms with E-state index in [0.29, 0.717) is 6.54 Å². The van der Waals surface area contributed by atoms with Crippen LogP contribution >= 0.6 is 11.3 Å². The lowest BCUT2D eigenvalue weighted by Crippen LogP contribution is -2.36. The van der Waals surface area contributed by atoms with Crippen molar-refractivity contribution >= 4 is 27.4 Å². The number of aromatic nitrogens is 4. The van der Waals surface area contributed by atoms with Crippen LogP contribution in [0.4, 0.5) is 5.82 Å². The van der Waals surface area contributed by atoms with Gasteiger partial charge in [-0.2, -0.15) is 0 Å². The Labute approximate surface area is 118 Å². The van der Waals surface area contributed by atoms with E-state index in [1.807, 2.05) is 11.4 Å². The number of thiophene rings is 1. The molecule has 0 aromatic carbocycles. The molecule has 0 unspecified atom stereocenters. The summed E-state index contributed by atoms with van der Waals surface area (Å²) in [4.78, 5) is 30.5. The lowest BCUT2D eigenvalue weighted by Gasteiger charge is -2.28. The highest BCUT2D eigenvalue weighted by molar-refractivity contribution is 7.16. The van der Waals surface area contributed by atoms with Crippen LogP contribution in [0.5, 0.6) is 0 Å². The second-order valence-electron chi connectivity index (χ2n) is 4.67. The van der Waals surface area contributed by atoms with E-state index < -0.39 is 0 Å². The van der Waals surface area contributed by atoms with E-state index >= 15 is 0 Å². The first kappa shape index (κ1) is 11.5. The van der Waals surface area contributed by atoms with Gasteiger partial charge in [0.05, 0.1) is 29.5 Å². The third-order valence-electron chi connectivity index (χ3n) is 3.55. The minimum atomic E-state index is -0.0599. The Morgan fingerprint density at radius 1 is 1.30 bits per heavy atom. The topological polar surface area (TPSA) is 74.8 Å². The van der Waals surface area contributed by atoms with Crippen LogP contribution in [0.2, 0.25) is 0 Å². The molecule has 0 fully saturated rings. The van der Waals surface area contributed by atoms with Crippen molar-refractivity contribution in [1.29, 1.82) is 0 Å². The first-order valence-electron chi connectivity index (χ1n) is 6.31.